The van der Waals surface area contributed by atoms with Gasteiger partial charge in [-0.25, -0.2) is 0 Å². The number of aliphatic hydroxyl groups is 9. The molecule has 3 fully saturated rings. The van der Waals surface area contributed by atoms with Gasteiger partial charge in [0.25, 0.3) is 0 Å². The number of carbonyl (C=O) groups is 2. The van der Waals surface area contributed by atoms with E-state index < -0.39 is 147 Å². The minimum Gasteiger partial charge on any atom is -0.508 e. The van der Waals surface area contributed by atoms with Gasteiger partial charge in [0.15, 0.2) is 35.4 Å². The lowest BCUT2D eigenvalue weighted by atomic mass is 9.97. The first kappa shape index (κ1) is 51.5. The highest BCUT2D eigenvalue weighted by Gasteiger charge is 2.53. The van der Waals surface area contributed by atoms with E-state index in [1.54, 1.807) is 0 Å². The first-order chi connectivity index (χ1) is 33.3. The molecule has 7 rings (SSSR count). The maximum Gasteiger partial charge on any atom is 0.510 e. The third kappa shape index (κ3) is 11.8. The number of benzene rings is 3. The van der Waals surface area contributed by atoms with Crippen LogP contribution in [0.1, 0.15) is 12.0 Å². The number of phenols is 2. The minimum atomic E-state index is -2.06. The molecule has 25 heteroatoms. The zero-order valence-corrected chi connectivity index (χ0v) is 36.2. The van der Waals surface area contributed by atoms with E-state index in [1.165, 1.54) is 60.7 Å². The summed E-state index contributed by atoms with van der Waals surface area (Å²) in [6.45, 7) is -2.36. The number of rotatable bonds is 16. The summed E-state index contributed by atoms with van der Waals surface area (Å²) in [5.74, 6) is -4.83. The summed E-state index contributed by atoms with van der Waals surface area (Å²) in [5, 5.41) is 125. The Balaban J connectivity index is 1.24. The van der Waals surface area contributed by atoms with Gasteiger partial charge in [0.2, 0.25) is 19.2 Å². The molecule has 4 aliphatic heterocycles. The maximum absolute atomic E-state index is 13.1. The number of aliphatic carboxylic acids is 1. The third-order valence-electron chi connectivity index (χ3n) is 11.3. The van der Waals surface area contributed by atoms with Crippen LogP contribution in [0.25, 0.3) is 28.7 Å². The predicted molar refractivity (Wildman–Crippen MR) is 229 cm³/mol. The Morgan fingerprint density at radius 2 is 1.20 bits per heavy atom. The number of carboxylic acid groups (broad SMARTS) is 1. The van der Waals surface area contributed by atoms with Gasteiger partial charge in [0, 0.05) is 17.7 Å². The highest BCUT2D eigenvalue weighted by atomic mass is 16.8. The van der Waals surface area contributed by atoms with Crippen molar-refractivity contribution in [2.75, 3.05) is 19.8 Å². The summed E-state index contributed by atoms with van der Waals surface area (Å²) < 4.78 is 51.8. The van der Waals surface area contributed by atoms with Gasteiger partial charge < -0.3 is 108 Å². The number of ether oxygens (including phenoxy) is 8. The molecule has 0 saturated carbocycles. The molecule has 0 spiro atoms. The van der Waals surface area contributed by atoms with Crippen LogP contribution in [-0.4, -0.2) is 196 Å². The molecule has 2 aromatic rings. The number of fused-ring (bicyclic) bond motifs is 1. The van der Waals surface area contributed by atoms with Crippen LogP contribution in [-0.2, 0) is 38.0 Å². The lowest BCUT2D eigenvalue weighted by molar-refractivity contribution is -0.357. The number of aromatic hydroxyl groups is 2. The number of hydrogen-bond donors (Lipinski definition) is 12. The van der Waals surface area contributed by atoms with E-state index in [0.717, 1.165) is 18.2 Å². The van der Waals surface area contributed by atoms with Crippen LogP contribution in [0.5, 0.6) is 23.0 Å². The number of aliphatic hydroxyl groups excluding tert-OH is 9. The van der Waals surface area contributed by atoms with Crippen molar-refractivity contribution < 1.29 is 118 Å². The van der Waals surface area contributed by atoms with Crippen molar-refractivity contribution >= 4 is 24.0 Å². The first-order valence-corrected chi connectivity index (χ1v) is 21.3. The minimum absolute atomic E-state index is 0.00273. The van der Waals surface area contributed by atoms with Crippen LogP contribution >= 0.6 is 0 Å². The van der Waals surface area contributed by atoms with Crippen LogP contribution < -0.4 is 14.9 Å². The third-order valence-corrected chi connectivity index (χ3v) is 11.3. The van der Waals surface area contributed by atoms with Gasteiger partial charge in [-0.1, -0.05) is 12.1 Å². The molecule has 5 aliphatic rings. The normalized spacial score (nSPS) is 31.2. The second-order valence-corrected chi connectivity index (χ2v) is 16.2. The zero-order chi connectivity index (χ0) is 50.6. The Bertz CT molecular complexity index is 2490. The van der Waals surface area contributed by atoms with Crippen molar-refractivity contribution in [1.82, 2.24) is 0 Å². The fourth-order valence-corrected chi connectivity index (χ4v) is 7.50. The van der Waals surface area contributed by atoms with E-state index in [0.29, 0.717) is 5.56 Å². The van der Waals surface area contributed by atoms with E-state index in [-0.39, 0.29) is 39.9 Å². The van der Waals surface area contributed by atoms with Crippen LogP contribution in [0.4, 0.5) is 0 Å². The molecule has 70 heavy (non-hydrogen) atoms. The Labute approximate surface area is 394 Å². The fourth-order valence-electron chi connectivity index (χ4n) is 7.50. The molecular weight excluding hydrogens is 940 g/mol. The monoisotopic (exact) mass is 989 g/mol. The van der Waals surface area contributed by atoms with Gasteiger partial charge in [-0.05, 0) is 54.1 Å². The number of hydrogen-bond acceptors (Lipinski definition) is 23. The van der Waals surface area contributed by atoms with Gasteiger partial charge >= 0.3 is 17.9 Å². The Morgan fingerprint density at radius 3 is 1.84 bits per heavy atom. The average molecular weight is 990 g/mol. The van der Waals surface area contributed by atoms with E-state index in [9.17, 15) is 75.3 Å². The molecular formula is C45H49O25+. The van der Waals surface area contributed by atoms with Gasteiger partial charge in [0.05, 0.1) is 18.2 Å². The summed E-state index contributed by atoms with van der Waals surface area (Å²) in [5.41, 5.74) is -0.173. The highest BCUT2D eigenvalue weighted by molar-refractivity contribution is 5.90. The average Bonchev–Trinajstić information content (AvgIpc) is 3.32. The smallest absolute Gasteiger partial charge is 0.508 e. The van der Waals surface area contributed by atoms with E-state index in [2.05, 4.69) is 0 Å². The number of carboxylic acids is 1. The first-order valence-electron chi connectivity index (χ1n) is 21.3. The van der Waals surface area contributed by atoms with Crippen LogP contribution in [0.3, 0.4) is 0 Å². The molecule has 1 aliphatic carbocycles. The predicted octanol–water partition coefficient (Wildman–Crippen LogP) is -2.73. The highest BCUT2D eigenvalue weighted by Crippen LogP contribution is 2.43. The fraction of sp³-hybridized carbons (Fsp3) is 0.422. The van der Waals surface area contributed by atoms with Crippen molar-refractivity contribution in [3.05, 3.63) is 88.6 Å². The Kier molecular flexibility index (Phi) is 16.3. The summed E-state index contributed by atoms with van der Waals surface area (Å²) >= 11 is 0. The zero-order valence-electron chi connectivity index (χ0n) is 36.2. The van der Waals surface area contributed by atoms with Gasteiger partial charge in [0.1, 0.15) is 97.1 Å². The second kappa shape index (κ2) is 22.2. The van der Waals surface area contributed by atoms with Gasteiger partial charge in [-0.2, -0.15) is 0 Å². The standard InChI is InChI=1S/C45H48O25/c46-15-27-33(54)36(57)40(61)44(67-27)70-42-38(59)35(56)29(16-62-31(52)10-3-18-1-6-20(47)7-2-18)69-45(42)66-26-13-23-24(64-41(26)19-4-8-21(48)9-5-19)11-22(49)12-25(23)65-43-39(60)37(58)34(55)28(68-43)17-63-32(53)14-30(50)51/h1-13,27-29,33-40,42-48,54-61H,14-17H2,(H,50,51)/p+1/t27-,28-,29-,33-,34-,35-,36+,37+,38+,39-,40-,42-,43-,44+,45-/m1/s1. The van der Waals surface area contributed by atoms with Gasteiger partial charge in [-0.15, -0.1) is 0 Å². The Morgan fingerprint density at radius 1 is 0.643 bits per heavy atom. The SMILES string of the molecule is O=C(O)CC(=O)OC[C@H]1O[C@@H](Oc2cc(=O)cc3oc(-c4ccc(O)cc4)c(O[C@@H]4O[C@H](COC(=[OH+])C=Cc5ccc(O)cc5)[C@@H](O)[C@H](O)[C@H]4O[C@@H]4O[C@H](CO)[C@@H](O)[C@H](O)[C@H]4O)cc2-3)[C@H](O)[C@@H](O)[C@@H]1O. The molecule has 4 heterocycles. The number of esters is 2. The van der Waals surface area contributed by atoms with Crippen molar-refractivity contribution in [2.24, 2.45) is 0 Å². The maximum atomic E-state index is 13.1. The molecule has 13 N–H and O–H groups in total. The van der Waals surface area contributed by atoms with Crippen molar-refractivity contribution in [3.63, 3.8) is 0 Å². The van der Waals surface area contributed by atoms with Crippen molar-refractivity contribution in [3.8, 4) is 45.6 Å². The molecule has 0 unspecified atom stereocenters. The summed E-state index contributed by atoms with van der Waals surface area (Å²) in [7, 11) is 0. The molecule has 0 aromatic heterocycles. The van der Waals surface area contributed by atoms with Crippen LogP contribution in [0.15, 0.2) is 82.0 Å². The number of phenolic OH excluding ortho intramolecular Hbond substituents is 2. The summed E-state index contributed by atoms with van der Waals surface area (Å²) in [6.07, 6.45) is -26.6. The topological polar surface area (TPSA) is 402 Å². The Hall–Kier alpha value is -6.30. The molecule has 3 saturated heterocycles. The number of carbonyl (C=O) groups excluding carboxylic acids is 2. The van der Waals surface area contributed by atoms with Crippen molar-refractivity contribution in [2.45, 2.75) is 98.5 Å². The molecule has 378 valence electrons. The lowest BCUT2D eigenvalue weighted by Crippen LogP contribution is -2.65. The molecule has 0 bridgehead atoms. The molecule has 0 radical (unpaired) electrons. The molecule has 15 atom stereocenters. The van der Waals surface area contributed by atoms with Crippen LogP contribution in [0, 0.1) is 0 Å². The van der Waals surface area contributed by atoms with Crippen LogP contribution in [0.2, 0.25) is 0 Å². The lowest BCUT2D eigenvalue weighted by Gasteiger charge is -2.45. The molecule has 25 nitrogen and oxygen atoms in total. The second-order valence-electron chi connectivity index (χ2n) is 16.2. The van der Waals surface area contributed by atoms with Gasteiger partial charge in [-0.3, -0.25) is 14.4 Å². The molecule has 0 amide bonds. The quantitative estimate of drug-likeness (QED) is 0.0235. The molecule has 2 aromatic carbocycles. The van der Waals surface area contributed by atoms with E-state index in [1.807, 2.05) is 0 Å². The van der Waals surface area contributed by atoms with E-state index in [4.69, 9.17) is 47.4 Å². The largest absolute Gasteiger partial charge is 0.510 e. The van der Waals surface area contributed by atoms with E-state index >= 15 is 0 Å². The summed E-state index contributed by atoms with van der Waals surface area (Å²) in [6, 6.07) is 14.3. The summed E-state index contributed by atoms with van der Waals surface area (Å²) in [4.78, 5) is 46.6. The van der Waals surface area contributed by atoms with Crippen molar-refractivity contribution in [1.29, 1.82) is 0 Å².